The van der Waals surface area contributed by atoms with E-state index in [0.717, 1.165) is 24.5 Å². The van der Waals surface area contributed by atoms with Gasteiger partial charge in [0.05, 0.1) is 5.69 Å². The summed E-state index contributed by atoms with van der Waals surface area (Å²) in [5.74, 6) is 0.908. The maximum Gasteiger partial charge on any atom is 0.194 e. The lowest BCUT2D eigenvalue weighted by molar-refractivity contribution is 0.590. The Hall–Kier alpha value is -1.62. The Kier molecular flexibility index (Phi) is 4.28. The van der Waals surface area contributed by atoms with Crippen LogP contribution in [0.15, 0.2) is 29.3 Å². The van der Waals surface area contributed by atoms with Crippen LogP contribution in [0, 0.1) is 0 Å². The number of amidine groups is 1. The summed E-state index contributed by atoms with van der Waals surface area (Å²) in [6, 6.07) is 8.61. The van der Waals surface area contributed by atoms with E-state index in [-0.39, 0.29) is 5.41 Å². The monoisotopic (exact) mass is 290 g/mol. The average molecular weight is 290 g/mol. The van der Waals surface area contributed by atoms with E-state index in [4.69, 9.17) is 12.2 Å². The lowest BCUT2D eigenvalue weighted by atomic mass is 9.87. The van der Waals surface area contributed by atoms with Crippen molar-refractivity contribution in [3.8, 4) is 0 Å². The van der Waals surface area contributed by atoms with Gasteiger partial charge in [-0.25, -0.2) is 4.99 Å². The Balaban J connectivity index is 2.15. The zero-order chi connectivity index (χ0) is 14.8. The first-order valence-corrected chi connectivity index (χ1v) is 7.25. The SMILES string of the molecule is CNC(=S)N=C1CCN(c2cccc(C(C)(C)C)c2)N1. The molecule has 1 aliphatic heterocycles. The predicted octanol–water partition coefficient (Wildman–Crippen LogP) is 2.60. The molecule has 2 N–H and O–H groups in total. The highest BCUT2D eigenvalue weighted by atomic mass is 32.1. The first kappa shape index (κ1) is 14.8. The number of hydrogen-bond donors (Lipinski definition) is 2. The van der Waals surface area contributed by atoms with E-state index in [1.54, 1.807) is 7.05 Å². The zero-order valence-corrected chi connectivity index (χ0v) is 13.3. The van der Waals surface area contributed by atoms with E-state index in [0.29, 0.717) is 5.11 Å². The summed E-state index contributed by atoms with van der Waals surface area (Å²) in [6.07, 6.45) is 0.877. The van der Waals surface area contributed by atoms with Crippen molar-refractivity contribution in [1.29, 1.82) is 0 Å². The Morgan fingerprint density at radius 2 is 2.15 bits per heavy atom. The molecule has 0 amide bonds. The molecule has 5 heteroatoms. The van der Waals surface area contributed by atoms with Crippen LogP contribution in [0.4, 0.5) is 5.69 Å². The number of hydrogen-bond acceptors (Lipinski definition) is 2. The van der Waals surface area contributed by atoms with E-state index >= 15 is 0 Å². The summed E-state index contributed by atoms with van der Waals surface area (Å²) in [7, 11) is 1.78. The molecule has 1 fully saturated rings. The van der Waals surface area contributed by atoms with Gasteiger partial charge in [0, 0.05) is 20.0 Å². The van der Waals surface area contributed by atoms with Gasteiger partial charge in [0.2, 0.25) is 0 Å². The number of anilines is 1. The maximum atomic E-state index is 5.06. The van der Waals surface area contributed by atoms with Gasteiger partial charge in [-0.2, -0.15) is 0 Å². The van der Waals surface area contributed by atoms with Gasteiger partial charge in [-0.1, -0.05) is 32.9 Å². The van der Waals surface area contributed by atoms with Crippen LogP contribution in [-0.4, -0.2) is 24.5 Å². The minimum Gasteiger partial charge on any atom is -0.364 e. The van der Waals surface area contributed by atoms with Gasteiger partial charge in [-0.3, -0.25) is 10.4 Å². The molecule has 1 heterocycles. The van der Waals surface area contributed by atoms with Crippen LogP contribution in [0.2, 0.25) is 0 Å². The maximum absolute atomic E-state index is 5.06. The second-order valence-corrected chi connectivity index (χ2v) is 6.31. The van der Waals surface area contributed by atoms with Crippen molar-refractivity contribution in [2.45, 2.75) is 32.6 Å². The van der Waals surface area contributed by atoms with Gasteiger partial charge in [-0.15, -0.1) is 0 Å². The fraction of sp³-hybridized carbons (Fsp3) is 0.467. The summed E-state index contributed by atoms with van der Waals surface area (Å²) >= 11 is 5.06. The summed E-state index contributed by atoms with van der Waals surface area (Å²) < 4.78 is 0. The first-order chi connectivity index (χ1) is 9.40. The Morgan fingerprint density at radius 1 is 1.40 bits per heavy atom. The largest absolute Gasteiger partial charge is 0.364 e. The number of hydrazine groups is 1. The third-order valence-electron chi connectivity index (χ3n) is 3.31. The molecule has 1 aromatic rings. The number of benzene rings is 1. The van der Waals surface area contributed by atoms with Crippen molar-refractivity contribution in [2.24, 2.45) is 4.99 Å². The van der Waals surface area contributed by atoms with E-state index in [9.17, 15) is 0 Å². The molecule has 4 nitrogen and oxygen atoms in total. The third kappa shape index (κ3) is 3.48. The zero-order valence-electron chi connectivity index (χ0n) is 12.5. The number of aliphatic imine (C=N–C) groups is 1. The molecule has 0 bridgehead atoms. The second-order valence-electron chi connectivity index (χ2n) is 5.93. The molecule has 0 atom stereocenters. The molecule has 2 rings (SSSR count). The quantitative estimate of drug-likeness (QED) is 0.780. The van der Waals surface area contributed by atoms with E-state index in [1.165, 1.54) is 5.56 Å². The van der Waals surface area contributed by atoms with E-state index < -0.39 is 0 Å². The van der Waals surface area contributed by atoms with Crippen molar-refractivity contribution in [2.75, 3.05) is 18.6 Å². The van der Waals surface area contributed by atoms with Crippen LogP contribution in [0.3, 0.4) is 0 Å². The van der Waals surface area contributed by atoms with Crippen molar-refractivity contribution in [1.82, 2.24) is 10.7 Å². The number of thiocarbonyl (C=S) groups is 1. The molecule has 1 aliphatic rings. The van der Waals surface area contributed by atoms with E-state index in [2.05, 4.69) is 65.8 Å². The third-order valence-corrected chi connectivity index (χ3v) is 3.61. The van der Waals surface area contributed by atoms with Crippen molar-refractivity contribution >= 4 is 28.9 Å². The van der Waals surface area contributed by atoms with Crippen molar-refractivity contribution in [3.05, 3.63) is 29.8 Å². The first-order valence-electron chi connectivity index (χ1n) is 6.84. The molecule has 0 aromatic heterocycles. The minimum atomic E-state index is 0.153. The van der Waals surface area contributed by atoms with Crippen molar-refractivity contribution in [3.63, 3.8) is 0 Å². The fourth-order valence-electron chi connectivity index (χ4n) is 2.08. The number of nitrogens with one attached hydrogen (secondary N) is 2. The van der Waals surface area contributed by atoms with Crippen LogP contribution < -0.4 is 15.8 Å². The van der Waals surface area contributed by atoms with Crippen LogP contribution in [0.1, 0.15) is 32.8 Å². The predicted molar refractivity (Wildman–Crippen MR) is 89.3 cm³/mol. The van der Waals surface area contributed by atoms with Crippen LogP contribution in [0.5, 0.6) is 0 Å². The molecule has 20 heavy (non-hydrogen) atoms. The molecular formula is C15H22N4S. The second kappa shape index (κ2) is 5.79. The molecule has 0 radical (unpaired) electrons. The molecule has 0 aliphatic carbocycles. The highest BCUT2D eigenvalue weighted by Gasteiger charge is 2.20. The fourth-order valence-corrected chi connectivity index (χ4v) is 2.19. The molecular weight excluding hydrogens is 268 g/mol. The van der Waals surface area contributed by atoms with Gasteiger partial charge in [0.1, 0.15) is 5.84 Å². The Morgan fingerprint density at radius 3 is 2.80 bits per heavy atom. The van der Waals surface area contributed by atoms with Crippen molar-refractivity contribution < 1.29 is 0 Å². The summed E-state index contributed by atoms with van der Waals surface area (Å²) in [5.41, 5.74) is 5.95. The lowest BCUT2D eigenvalue weighted by Gasteiger charge is -2.23. The van der Waals surface area contributed by atoms with Crippen LogP contribution in [-0.2, 0) is 5.41 Å². The number of nitrogens with zero attached hydrogens (tertiary/aromatic N) is 2. The molecule has 0 unspecified atom stereocenters. The average Bonchev–Trinajstić information content (AvgIpc) is 2.86. The molecule has 1 aromatic carbocycles. The molecule has 0 saturated carbocycles. The van der Waals surface area contributed by atoms with Gasteiger partial charge in [0.15, 0.2) is 5.11 Å². The van der Waals surface area contributed by atoms with Gasteiger partial charge in [0.25, 0.3) is 0 Å². The van der Waals surface area contributed by atoms with Gasteiger partial charge >= 0.3 is 0 Å². The Labute approximate surface area is 126 Å². The highest BCUT2D eigenvalue weighted by molar-refractivity contribution is 7.80. The van der Waals surface area contributed by atoms with E-state index in [1.807, 2.05) is 0 Å². The summed E-state index contributed by atoms with van der Waals surface area (Å²) in [6.45, 7) is 7.57. The van der Waals surface area contributed by atoms with Crippen LogP contribution in [0.25, 0.3) is 0 Å². The number of rotatable bonds is 1. The smallest absolute Gasteiger partial charge is 0.194 e. The summed E-state index contributed by atoms with van der Waals surface area (Å²) in [4.78, 5) is 4.33. The lowest BCUT2D eigenvalue weighted by Crippen LogP contribution is -2.34. The molecule has 1 saturated heterocycles. The summed E-state index contributed by atoms with van der Waals surface area (Å²) in [5, 5.41) is 5.49. The topological polar surface area (TPSA) is 39.7 Å². The minimum absolute atomic E-state index is 0.153. The normalized spacial score (nSPS) is 17.2. The molecule has 0 spiro atoms. The van der Waals surface area contributed by atoms with Gasteiger partial charge < -0.3 is 5.32 Å². The highest BCUT2D eigenvalue weighted by Crippen LogP contribution is 2.26. The molecule has 108 valence electrons. The Bertz CT molecular complexity index is 531. The standard InChI is InChI=1S/C15H22N4S/c1-15(2,3)11-6-5-7-12(10-11)19-9-8-13(18-19)17-14(20)16-4/h5-7,10H,8-9H2,1-4H3,(H2,16,17,18,20). The van der Waals surface area contributed by atoms with Crippen LogP contribution >= 0.6 is 12.2 Å². The van der Waals surface area contributed by atoms with Gasteiger partial charge in [-0.05, 0) is 35.3 Å².